The zero-order chi connectivity index (χ0) is 11.1. The molecular formula is C12H11BrO2. The largest absolute Gasteiger partial charge is 0.491 e. The summed E-state index contributed by atoms with van der Waals surface area (Å²) in [4.78, 5) is 10.5. The van der Waals surface area contributed by atoms with E-state index in [1.807, 2.05) is 0 Å². The molecule has 0 aromatic heterocycles. The number of hydrogen-bond acceptors (Lipinski definition) is 2. The summed E-state index contributed by atoms with van der Waals surface area (Å²) < 4.78 is 6.26. The Morgan fingerprint density at radius 1 is 1.53 bits per heavy atom. The Hall–Kier alpha value is -1.27. The molecule has 0 radical (unpaired) electrons. The highest BCUT2D eigenvalue weighted by Gasteiger charge is 2.01. The SMILES string of the molecule is CC#CCCOc1ccc(C=O)cc1Br. The quantitative estimate of drug-likeness (QED) is 0.476. The Morgan fingerprint density at radius 2 is 2.33 bits per heavy atom. The minimum absolute atomic E-state index is 0.555. The van der Waals surface area contributed by atoms with E-state index in [9.17, 15) is 4.79 Å². The zero-order valence-corrected chi connectivity index (χ0v) is 10.0. The van der Waals surface area contributed by atoms with Gasteiger partial charge in [0, 0.05) is 12.0 Å². The minimum Gasteiger partial charge on any atom is -0.491 e. The third kappa shape index (κ3) is 3.77. The highest BCUT2D eigenvalue weighted by atomic mass is 79.9. The zero-order valence-electron chi connectivity index (χ0n) is 8.42. The van der Waals surface area contributed by atoms with Crippen LogP contribution in [0, 0.1) is 11.8 Å². The molecule has 0 N–H and O–H groups in total. The van der Waals surface area contributed by atoms with Gasteiger partial charge in [-0.3, -0.25) is 4.79 Å². The third-order valence-electron chi connectivity index (χ3n) is 1.75. The van der Waals surface area contributed by atoms with Crippen LogP contribution in [0.15, 0.2) is 22.7 Å². The molecule has 0 saturated carbocycles. The summed E-state index contributed by atoms with van der Waals surface area (Å²) >= 11 is 3.34. The van der Waals surface area contributed by atoms with Crippen LogP contribution in [0.5, 0.6) is 5.75 Å². The van der Waals surface area contributed by atoms with Gasteiger partial charge in [0.05, 0.1) is 11.1 Å². The highest BCUT2D eigenvalue weighted by Crippen LogP contribution is 2.25. The maximum atomic E-state index is 10.5. The van der Waals surface area contributed by atoms with E-state index in [1.165, 1.54) is 0 Å². The van der Waals surface area contributed by atoms with Gasteiger partial charge in [0.15, 0.2) is 0 Å². The van der Waals surface area contributed by atoms with Crippen molar-refractivity contribution < 1.29 is 9.53 Å². The molecule has 2 nitrogen and oxygen atoms in total. The number of ether oxygens (including phenoxy) is 1. The predicted molar refractivity (Wildman–Crippen MR) is 63.1 cm³/mol. The lowest BCUT2D eigenvalue weighted by Gasteiger charge is -2.06. The highest BCUT2D eigenvalue weighted by molar-refractivity contribution is 9.10. The monoisotopic (exact) mass is 266 g/mol. The summed E-state index contributed by atoms with van der Waals surface area (Å²) in [6, 6.07) is 5.22. The minimum atomic E-state index is 0.555. The average molecular weight is 267 g/mol. The lowest BCUT2D eigenvalue weighted by molar-refractivity contribution is 0.112. The molecule has 0 fully saturated rings. The normalized spacial score (nSPS) is 8.93. The Bertz CT molecular complexity index is 402. The van der Waals surface area contributed by atoms with Crippen LogP contribution >= 0.6 is 15.9 Å². The van der Waals surface area contributed by atoms with E-state index in [1.54, 1.807) is 25.1 Å². The van der Waals surface area contributed by atoms with E-state index >= 15 is 0 Å². The summed E-state index contributed by atoms with van der Waals surface area (Å²) in [7, 11) is 0. The molecule has 3 heteroatoms. The molecule has 15 heavy (non-hydrogen) atoms. The van der Waals surface area contributed by atoms with Gasteiger partial charge in [0.2, 0.25) is 0 Å². The first-order valence-corrected chi connectivity index (χ1v) is 5.34. The first-order valence-electron chi connectivity index (χ1n) is 4.55. The van der Waals surface area contributed by atoms with Crippen LogP contribution in [0.25, 0.3) is 0 Å². The van der Waals surface area contributed by atoms with Gasteiger partial charge in [-0.25, -0.2) is 0 Å². The second-order valence-electron chi connectivity index (χ2n) is 2.83. The summed E-state index contributed by atoms with van der Waals surface area (Å²) in [5.41, 5.74) is 0.627. The fraction of sp³-hybridized carbons (Fsp3) is 0.250. The number of carbonyl (C=O) groups is 1. The maximum absolute atomic E-state index is 10.5. The predicted octanol–water partition coefficient (Wildman–Crippen LogP) is 3.05. The van der Waals surface area contributed by atoms with E-state index in [-0.39, 0.29) is 0 Å². The van der Waals surface area contributed by atoms with Crippen molar-refractivity contribution in [1.29, 1.82) is 0 Å². The van der Waals surface area contributed by atoms with Crippen molar-refractivity contribution in [2.45, 2.75) is 13.3 Å². The average Bonchev–Trinajstić information content (AvgIpc) is 2.26. The van der Waals surface area contributed by atoms with E-state index in [0.717, 1.165) is 16.5 Å². The van der Waals surface area contributed by atoms with Crippen LogP contribution in [0.4, 0.5) is 0 Å². The smallest absolute Gasteiger partial charge is 0.150 e. The van der Waals surface area contributed by atoms with Gasteiger partial charge in [-0.15, -0.1) is 11.8 Å². The van der Waals surface area contributed by atoms with Gasteiger partial charge in [0.25, 0.3) is 0 Å². The summed E-state index contributed by atoms with van der Waals surface area (Å²) in [6.07, 6.45) is 1.51. The fourth-order valence-corrected chi connectivity index (χ4v) is 1.56. The van der Waals surface area contributed by atoms with Crippen LogP contribution in [0.3, 0.4) is 0 Å². The molecule has 1 rings (SSSR count). The lowest BCUT2D eigenvalue weighted by Crippen LogP contribution is -1.96. The number of halogens is 1. The fourth-order valence-electron chi connectivity index (χ4n) is 1.04. The number of carbonyl (C=O) groups excluding carboxylic acids is 1. The molecule has 0 aliphatic carbocycles. The van der Waals surface area contributed by atoms with Crippen molar-refractivity contribution in [1.82, 2.24) is 0 Å². The molecule has 0 amide bonds. The van der Waals surface area contributed by atoms with Gasteiger partial charge in [-0.1, -0.05) is 0 Å². The van der Waals surface area contributed by atoms with Gasteiger partial charge in [0.1, 0.15) is 12.0 Å². The van der Waals surface area contributed by atoms with Crippen molar-refractivity contribution in [2.24, 2.45) is 0 Å². The molecule has 1 aromatic rings. The number of benzene rings is 1. The Labute approximate surface area is 97.8 Å². The standard InChI is InChI=1S/C12H11BrO2/c1-2-3-4-7-15-12-6-5-10(9-14)8-11(12)13/h5-6,8-9H,4,7H2,1H3. The van der Waals surface area contributed by atoms with Gasteiger partial charge >= 0.3 is 0 Å². The van der Waals surface area contributed by atoms with Crippen LogP contribution in [-0.4, -0.2) is 12.9 Å². The summed E-state index contributed by atoms with van der Waals surface area (Å²) in [6.45, 7) is 2.36. The summed E-state index contributed by atoms with van der Waals surface area (Å²) in [5.74, 6) is 6.45. The molecule has 0 unspecified atom stereocenters. The van der Waals surface area contributed by atoms with Crippen LogP contribution in [0.1, 0.15) is 23.7 Å². The Kier molecular flexibility index (Phi) is 4.92. The van der Waals surface area contributed by atoms with Crippen molar-refractivity contribution in [3.63, 3.8) is 0 Å². The van der Waals surface area contributed by atoms with Crippen LogP contribution in [0.2, 0.25) is 0 Å². The number of hydrogen-bond donors (Lipinski definition) is 0. The number of aldehydes is 1. The van der Waals surface area contributed by atoms with Crippen LogP contribution in [-0.2, 0) is 0 Å². The first kappa shape index (κ1) is 11.8. The molecule has 0 aliphatic heterocycles. The van der Waals surface area contributed by atoms with E-state index in [2.05, 4.69) is 27.8 Å². The molecular weight excluding hydrogens is 256 g/mol. The molecule has 0 heterocycles. The topological polar surface area (TPSA) is 26.3 Å². The van der Waals surface area contributed by atoms with E-state index in [0.29, 0.717) is 18.6 Å². The maximum Gasteiger partial charge on any atom is 0.150 e. The van der Waals surface area contributed by atoms with Gasteiger partial charge in [-0.05, 0) is 41.1 Å². The molecule has 0 atom stereocenters. The van der Waals surface area contributed by atoms with Gasteiger partial charge < -0.3 is 4.74 Å². The van der Waals surface area contributed by atoms with Crippen molar-refractivity contribution in [3.8, 4) is 17.6 Å². The Morgan fingerprint density at radius 3 is 2.93 bits per heavy atom. The van der Waals surface area contributed by atoms with Crippen LogP contribution < -0.4 is 4.74 Å². The molecule has 0 saturated heterocycles. The van der Waals surface area contributed by atoms with Gasteiger partial charge in [-0.2, -0.15) is 0 Å². The molecule has 0 aliphatic rings. The lowest BCUT2D eigenvalue weighted by atomic mass is 10.2. The second kappa shape index (κ2) is 6.26. The van der Waals surface area contributed by atoms with Crippen molar-refractivity contribution in [2.75, 3.05) is 6.61 Å². The molecule has 0 bridgehead atoms. The molecule has 1 aromatic carbocycles. The summed E-state index contributed by atoms with van der Waals surface area (Å²) in [5, 5.41) is 0. The Balaban J connectivity index is 2.60. The van der Waals surface area contributed by atoms with Crippen molar-refractivity contribution >= 4 is 22.2 Å². The van der Waals surface area contributed by atoms with E-state index in [4.69, 9.17) is 4.74 Å². The molecule has 0 spiro atoms. The third-order valence-corrected chi connectivity index (χ3v) is 2.37. The number of rotatable bonds is 4. The van der Waals surface area contributed by atoms with Crippen molar-refractivity contribution in [3.05, 3.63) is 28.2 Å². The first-order chi connectivity index (χ1) is 7.27. The second-order valence-corrected chi connectivity index (χ2v) is 3.69. The van der Waals surface area contributed by atoms with E-state index < -0.39 is 0 Å². The molecule has 78 valence electrons.